The molecule has 0 aliphatic carbocycles. The van der Waals surface area contributed by atoms with Crippen molar-refractivity contribution in [3.05, 3.63) is 59.1 Å². The van der Waals surface area contributed by atoms with E-state index in [9.17, 15) is 0 Å². The van der Waals surface area contributed by atoms with Crippen LogP contribution in [0.4, 0.5) is 5.69 Å². The number of benzene rings is 2. The first-order valence-corrected chi connectivity index (χ1v) is 8.45. The maximum atomic E-state index is 6.16. The van der Waals surface area contributed by atoms with Crippen LogP contribution in [0.25, 0.3) is 0 Å². The van der Waals surface area contributed by atoms with Crippen molar-refractivity contribution in [2.24, 2.45) is 0 Å². The molecule has 0 unspecified atom stereocenters. The lowest BCUT2D eigenvalue weighted by atomic mass is 10.1. The predicted octanol–water partition coefficient (Wildman–Crippen LogP) is 4.80. The molecule has 0 aliphatic rings. The number of hydrogen-bond acceptors (Lipinski definition) is 3. The molecular weight excluding hydrogens is 310 g/mol. The van der Waals surface area contributed by atoms with Gasteiger partial charge >= 0.3 is 0 Å². The van der Waals surface area contributed by atoms with Crippen molar-refractivity contribution < 1.29 is 9.47 Å². The van der Waals surface area contributed by atoms with Crippen LogP contribution >= 0.6 is 11.6 Å². The van der Waals surface area contributed by atoms with Gasteiger partial charge in [-0.2, -0.15) is 0 Å². The summed E-state index contributed by atoms with van der Waals surface area (Å²) in [5.74, 6) is 0.867. The van der Waals surface area contributed by atoms with Crippen LogP contribution in [0.15, 0.2) is 48.5 Å². The minimum Gasteiger partial charge on any atom is -0.491 e. The fourth-order valence-corrected chi connectivity index (χ4v) is 2.47. The van der Waals surface area contributed by atoms with Gasteiger partial charge in [0, 0.05) is 23.9 Å². The summed E-state index contributed by atoms with van der Waals surface area (Å²) in [6.07, 6.45) is 2.02. The Morgan fingerprint density at radius 1 is 1.00 bits per heavy atom. The normalized spacial score (nSPS) is 10.5. The highest BCUT2D eigenvalue weighted by Gasteiger charge is 1.99. The van der Waals surface area contributed by atoms with E-state index in [1.54, 1.807) is 0 Å². The number of nitrogens with one attached hydrogen (secondary N) is 1. The molecule has 1 N–H and O–H groups in total. The molecule has 0 radical (unpaired) electrons. The van der Waals surface area contributed by atoms with Gasteiger partial charge in [-0.25, -0.2) is 0 Å². The molecule has 4 heteroatoms. The SMILES string of the molecule is CCOCCOc1ccc(NCCCc2ccccc2Cl)cc1. The summed E-state index contributed by atoms with van der Waals surface area (Å²) in [6, 6.07) is 16.0. The summed E-state index contributed by atoms with van der Waals surface area (Å²) in [7, 11) is 0. The number of anilines is 1. The minimum absolute atomic E-state index is 0.582. The lowest BCUT2D eigenvalue weighted by Gasteiger charge is -2.09. The molecule has 0 aliphatic heterocycles. The summed E-state index contributed by atoms with van der Waals surface area (Å²) in [5.41, 5.74) is 2.30. The fraction of sp³-hybridized carbons (Fsp3) is 0.368. The molecule has 23 heavy (non-hydrogen) atoms. The van der Waals surface area contributed by atoms with Crippen molar-refractivity contribution in [1.29, 1.82) is 0 Å². The molecule has 0 spiro atoms. The van der Waals surface area contributed by atoms with Crippen LogP contribution in [0.5, 0.6) is 5.75 Å². The van der Waals surface area contributed by atoms with Crippen LogP contribution in [0.3, 0.4) is 0 Å². The zero-order valence-corrected chi connectivity index (χ0v) is 14.3. The van der Waals surface area contributed by atoms with E-state index in [1.165, 1.54) is 5.56 Å². The highest BCUT2D eigenvalue weighted by Crippen LogP contribution is 2.18. The lowest BCUT2D eigenvalue weighted by Crippen LogP contribution is -2.06. The minimum atomic E-state index is 0.582. The zero-order chi connectivity index (χ0) is 16.3. The van der Waals surface area contributed by atoms with Crippen LogP contribution in [0, 0.1) is 0 Å². The molecule has 2 rings (SSSR count). The van der Waals surface area contributed by atoms with Gasteiger partial charge < -0.3 is 14.8 Å². The molecular formula is C19H24ClNO2. The molecule has 0 aromatic heterocycles. The Morgan fingerprint density at radius 2 is 1.78 bits per heavy atom. The molecule has 124 valence electrons. The van der Waals surface area contributed by atoms with Gasteiger partial charge in [-0.1, -0.05) is 29.8 Å². The maximum absolute atomic E-state index is 6.16. The van der Waals surface area contributed by atoms with Crippen LogP contribution in [-0.4, -0.2) is 26.4 Å². The first-order chi connectivity index (χ1) is 11.3. The standard InChI is InChI=1S/C19H24ClNO2/c1-2-22-14-15-23-18-11-9-17(10-12-18)21-13-5-7-16-6-3-4-8-19(16)20/h3-4,6,8-12,21H,2,5,7,13-15H2,1H3. The molecule has 0 heterocycles. The zero-order valence-electron chi connectivity index (χ0n) is 13.6. The van der Waals surface area contributed by atoms with E-state index in [0.717, 1.165) is 42.5 Å². The smallest absolute Gasteiger partial charge is 0.119 e. The van der Waals surface area contributed by atoms with Gasteiger partial charge in [0.1, 0.15) is 12.4 Å². The van der Waals surface area contributed by atoms with Crippen LogP contribution in [-0.2, 0) is 11.2 Å². The van der Waals surface area contributed by atoms with Crippen LogP contribution in [0.1, 0.15) is 18.9 Å². The highest BCUT2D eigenvalue weighted by atomic mass is 35.5. The quantitative estimate of drug-likeness (QED) is 0.633. The predicted molar refractivity (Wildman–Crippen MR) is 96.7 cm³/mol. The van der Waals surface area contributed by atoms with Gasteiger partial charge in [0.2, 0.25) is 0 Å². The van der Waals surface area contributed by atoms with E-state index in [2.05, 4.69) is 11.4 Å². The number of aryl methyl sites for hydroxylation is 1. The number of rotatable bonds is 10. The molecule has 3 nitrogen and oxygen atoms in total. The summed E-state index contributed by atoms with van der Waals surface area (Å²) >= 11 is 6.16. The monoisotopic (exact) mass is 333 g/mol. The number of halogens is 1. The van der Waals surface area contributed by atoms with Crippen molar-refractivity contribution in [1.82, 2.24) is 0 Å². The first kappa shape index (κ1) is 17.6. The van der Waals surface area contributed by atoms with E-state index >= 15 is 0 Å². The van der Waals surface area contributed by atoms with Gasteiger partial charge in [0.05, 0.1) is 6.61 Å². The van der Waals surface area contributed by atoms with E-state index < -0.39 is 0 Å². The van der Waals surface area contributed by atoms with Gasteiger partial charge in [-0.3, -0.25) is 0 Å². The molecule has 0 fully saturated rings. The van der Waals surface area contributed by atoms with E-state index in [4.69, 9.17) is 21.1 Å². The first-order valence-electron chi connectivity index (χ1n) is 8.07. The second kappa shape index (κ2) is 10.1. The Morgan fingerprint density at radius 3 is 2.52 bits per heavy atom. The second-order valence-electron chi connectivity index (χ2n) is 5.19. The van der Waals surface area contributed by atoms with Gasteiger partial charge in [0.25, 0.3) is 0 Å². The Hall–Kier alpha value is -1.71. The van der Waals surface area contributed by atoms with Crippen LogP contribution in [0.2, 0.25) is 5.02 Å². The average molecular weight is 334 g/mol. The highest BCUT2D eigenvalue weighted by molar-refractivity contribution is 6.31. The lowest BCUT2D eigenvalue weighted by molar-refractivity contribution is 0.110. The maximum Gasteiger partial charge on any atom is 0.119 e. The summed E-state index contributed by atoms with van der Waals surface area (Å²) < 4.78 is 10.8. The van der Waals surface area contributed by atoms with Gasteiger partial charge in [0.15, 0.2) is 0 Å². The molecule has 0 saturated heterocycles. The average Bonchev–Trinajstić information content (AvgIpc) is 2.58. The molecule has 0 atom stereocenters. The summed E-state index contributed by atoms with van der Waals surface area (Å²) in [6.45, 7) is 4.82. The van der Waals surface area contributed by atoms with Crippen molar-refractivity contribution in [2.75, 3.05) is 31.7 Å². The van der Waals surface area contributed by atoms with Crippen molar-refractivity contribution >= 4 is 17.3 Å². The Bertz CT molecular complexity index is 572. The van der Waals surface area contributed by atoms with E-state index in [1.807, 2.05) is 49.4 Å². The summed E-state index contributed by atoms with van der Waals surface area (Å²) in [5, 5.41) is 4.26. The van der Waals surface area contributed by atoms with Crippen LogP contribution < -0.4 is 10.1 Å². The van der Waals surface area contributed by atoms with Crippen molar-refractivity contribution in [3.63, 3.8) is 0 Å². The molecule has 0 saturated carbocycles. The molecule has 0 bridgehead atoms. The third-order valence-electron chi connectivity index (χ3n) is 3.46. The fourth-order valence-electron chi connectivity index (χ4n) is 2.24. The number of hydrogen-bond donors (Lipinski definition) is 1. The molecule has 0 amide bonds. The van der Waals surface area contributed by atoms with E-state index in [0.29, 0.717) is 13.2 Å². The third kappa shape index (κ3) is 6.51. The topological polar surface area (TPSA) is 30.5 Å². The third-order valence-corrected chi connectivity index (χ3v) is 3.83. The van der Waals surface area contributed by atoms with Crippen molar-refractivity contribution in [3.8, 4) is 5.75 Å². The summed E-state index contributed by atoms with van der Waals surface area (Å²) in [4.78, 5) is 0. The molecule has 2 aromatic carbocycles. The molecule has 2 aromatic rings. The Kier molecular flexibility index (Phi) is 7.78. The van der Waals surface area contributed by atoms with Crippen molar-refractivity contribution in [2.45, 2.75) is 19.8 Å². The second-order valence-corrected chi connectivity index (χ2v) is 5.60. The van der Waals surface area contributed by atoms with Gasteiger partial charge in [-0.15, -0.1) is 0 Å². The largest absolute Gasteiger partial charge is 0.491 e. The Balaban J connectivity index is 1.67. The van der Waals surface area contributed by atoms with E-state index in [-0.39, 0.29) is 0 Å². The number of ether oxygens (including phenoxy) is 2. The van der Waals surface area contributed by atoms with Gasteiger partial charge in [-0.05, 0) is 55.7 Å². The Labute approximate surface area is 143 Å².